The van der Waals surface area contributed by atoms with Crippen LogP contribution >= 0.6 is 0 Å². The Balaban J connectivity index is 1.55. The molecule has 0 radical (unpaired) electrons. The highest BCUT2D eigenvalue weighted by molar-refractivity contribution is 7.89. The molecule has 0 atom stereocenters. The van der Waals surface area contributed by atoms with Gasteiger partial charge in [0, 0.05) is 30.2 Å². The molecule has 0 aliphatic carbocycles. The van der Waals surface area contributed by atoms with E-state index < -0.39 is 21.7 Å². The molecule has 0 unspecified atom stereocenters. The van der Waals surface area contributed by atoms with Crippen LogP contribution in [0.15, 0.2) is 59.6 Å². The van der Waals surface area contributed by atoms with E-state index in [4.69, 9.17) is 0 Å². The van der Waals surface area contributed by atoms with Crippen molar-refractivity contribution < 1.29 is 17.6 Å². The van der Waals surface area contributed by atoms with Crippen molar-refractivity contribution in [3.05, 3.63) is 66.1 Å². The molecular weight excluding hydrogens is 393 g/mol. The number of para-hydroxylation sites is 1. The van der Waals surface area contributed by atoms with Gasteiger partial charge < -0.3 is 5.32 Å². The topological polar surface area (TPSA) is 79.4 Å². The van der Waals surface area contributed by atoms with Gasteiger partial charge >= 0.3 is 0 Å². The monoisotopic (exact) mass is 413 g/mol. The lowest BCUT2D eigenvalue weighted by atomic mass is 10.1. The molecule has 1 aromatic heterocycles. The predicted molar refractivity (Wildman–Crippen MR) is 109 cm³/mol. The zero-order chi connectivity index (χ0) is 20.4. The molecular formula is C21H20FN3O3S. The summed E-state index contributed by atoms with van der Waals surface area (Å²) in [4.78, 5) is 16.8. The molecule has 1 aliphatic heterocycles. The highest BCUT2D eigenvalue weighted by Gasteiger charge is 2.26. The summed E-state index contributed by atoms with van der Waals surface area (Å²) in [5.41, 5.74) is 0.918. The Kier molecular flexibility index (Phi) is 5.29. The molecule has 29 heavy (non-hydrogen) atoms. The molecule has 4 rings (SSSR count). The summed E-state index contributed by atoms with van der Waals surface area (Å²) in [5, 5.41) is 3.24. The summed E-state index contributed by atoms with van der Waals surface area (Å²) in [6.45, 7) is 1.05. The van der Waals surface area contributed by atoms with Crippen LogP contribution in [0.2, 0.25) is 0 Å². The summed E-state index contributed by atoms with van der Waals surface area (Å²) in [6, 6.07) is 12.0. The molecule has 1 N–H and O–H groups in total. The van der Waals surface area contributed by atoms with E-state index in [1.807, 2.05) is 0 Å². The van der Waals surface area contributed by atoms with Crippen molar-refractivity contribution in [2.45, 2.75) is 24.2 Å². The highest BCUT2D eigenvalue weighted by Crippen LogP contribution is 2.25. The second-order valence-electron chi connectivity index (χ2n) is 6.94. The third-order valence-electron chi connectivity index (χ3n) is 5.04. The minimum Gasteiger partial charge on any atom is -0.321 e. The number of piperidine rings is 1. The van der Waals surface area contributed by atoms with Crippen LogP contribution in [0.3, 0.4) is 0 Å². The van der Waals surface area contributed by atoms with Gasteiger partial charge in [-0.25, -0.2) is 12.8 Å². The number of halogens is 1. The zero-order valence-corrected chi connectivity index (χ0v) is 16.5. The average Bonchev–Trinajstić information content (AvgIpc) is 2.75. The van der Waals surface area contributed by atoms with Gasteiger partial charge in [-0.1, -0.05) is 18.6 Å². The highest BCUT2D eigenvalue weighted by atomic mass is 32.2. The molecule has 0 bridgehead atoms. The third kappa shape index (κ3) is 3.86. The number of carbonyl (C=O) groups is 1. The molecule has 2 aromatic carbocycles. The maximum absolute atomic E-state index is 13.9. The number of rotatable bonds is 4. The van der Waals surface area contributed by atoms with Crippen LogP contribution in [0.5, 0.6) is 0 Å². The number of carbonyl (C=O) groups excluding carboxylic acids is 1. The van der Waals surface area contributed by atoms with Crippen LogP contribution in [-0.4, -0.2) is 36.7 Å². The van der Waals surface area contributed by atoms with Crippen LogP contribution in [-0.2, 0) is 10.0 Å². The number of nitrogens with one attached hydrogen (secondary N) is 1. The molecule has 1 amide bonds. The molecule has 2 heterocycles. The van der Waals surface area contributed by atoms with Gasteiger partial charge in [0.15, 0.2) is 0 Å². The maximum atomic E-state index is 13.9. The first kappa shape index (κ1) is 19.5. The van der Waals surface area contributed by atoms with Crippen LogP contribution in [0.4, 0.5) is 10.1 Å². The Hall–Kier alpha value is -2.84. The molecule has 150 valence electrons. The molecule has 1 saturated heterocycles. The first-order valence-corrected chi connectivity index (χ1v) is 10.9. The molecule has 6 nitrogen and oxygen atoms in total. The molecule has 0 saturated carbocycles. The largest absolute Gasteiger partial charge is 0.321 e. The number of aromatic nitrogens is 1. The molecule has 1 aliphatic rings. The fourth-order valence-corrected chi connectivity index (χ4v) is 4.99. The van der Waals surface area contributed by atoms with Gasteiger partial charge in [0.05, 0.1) is 10.6 Å². The maximum Gasteiger partial charge on any atom is 0.255 e. The van der Waals surface area contributed by atoms with Crippen molar-refractivity contribution in [1.29, 1.82) is 0 Å². The number of amides is 1. The average molecular weight is 413 g/mol. The van der Waals surface area contributed by atoms with Gasteiger partial charge in [-0.15, -0.1) is 0 Å². The first-order valence-electron chi connectivity index (χ1n) is 9.41. The second kappa shape index (κ2) is 7.88. The number of nitrogens with zero attached hydrogens (tertiary/aromatic N) is 2. The van der Waals surface area contributed by atoms with E-state index in [1.54, 1.807) is 18.2 Å². The Morgan fingerprint density at radius 2 is 1.72 bits per heavy atom. The zero-order valence-electron chi connectivity index (χ0n) is 15.6. The number of anilines is 1. The molecule has 8 heteroatoms. The first-order chi connectivity index (χ1) is 14.0. The summed E-state index contributed by atoms with van der Waals surface area (Å²) in [5.74, 6) is -0.880. The van der Waals surface area contributed by atoms with Crippen molar-refractivity contribution in [3.8, 4) is 0 Å². The van der Waals surface area contributed by atoms with Gasteiger partial charge in [-0.3, -0.25) is 9.78 Å². The van der Waals surface area contributed by atoms with E-state index in [-0.39, 0.29) is 10.4 Å². The van der Waals surface area contributed by atoms with Crippen LogP contribution < -0.4 is 5.32 Å². The summed E-state index contributed by atoms with van der Waals surface area (Å²) < 4.78 is 40.8. The Morgan fingerprint density at radius 3 is 2.45 bits per heavy atom. The van der Waals surface area contributed by atoms with Crippen LogP contribution in [0.25, 0.3) is 10.9 Å². The van der Waals surface area contributed by atoms with Crippen molar-refractivity contribution in [1.82, 2.24) is 9.29 Å². The quantitative estimate of drug-likeness (QED) is 0.706. The van der Waals surface area contributed by atoms with E-state index in [1.165, 1.54) is 40.8 Å². The Bertz CT molecular complexity index is 1160. The Labute approximate surface area is 168 Å². The van der Waals surface area contributed by atoms with Gasteiger partial charge in [0.25, 0.3) is 5.91 Å². The fourth-order valence-electron chi connectivity index (χ4n) is 3.48. The minimum absolute atomic E-state index is 0.174. The molecule has 0 spiro atoms. The lowest BCUT2D eigenvalue weighted by molar-refractivity contribution is 0.102. The van der Waals surface area contributed by atoms with Crippen molar-refractivity contribution in [2.75, 3.05) is 18.4 Å². The normalized spacial score (nSPS) is 15.3. The minimum atomic E-state index is -3.55. The van der Waals surface area contributed by atoms with E-state index in [0.717, 1.165) is 19.3 Å². The van der Waals surface area contributed by atoms with Crippen LogP contribution in [0.1, 0.15) is 29.6 Å². The van der Waals surface area contributed by atoms with E-state index in [0.29, 0.717) is 29.7 Å². The van der Waals surface area contributed by atoms with E-state index in [9.17, 15) is 17.6 Å². The standard InChI is InChI=1S/C21H20FN3O3S/c22-18-6-4-5-17-19(11-12-23-20(17)18)24-21(26)15-7-9-16(10-8-15)29(27,28)25-13-2-1-3-14-25/h4-12H,1-3,13-14H2,(H,23,24,26). The predicted octanol–water partition coefficient (Wildman–Crippen LogP) is 3.80. The van der Waals surface area contributed by atoms with Gasteiger partial charge in [-0.05, 0) is 49.2 Å². The van der Waals surface area contributed by atoms with Gasteiger partial charge in [0.1, 0.15) is 11.3 Å². The summed E-state index contributed by atoms with van der Waals surface area (Å²) >= 11 is 0. The number of fused-ring (bicyclic) bond motifs is 1. The lowest BCUT2D eigenvalue weighted by Crippen LogP contribution is -2.35. The lowest BCUT2D eigenvalue weighted by Gasteiger charge is -2.25. The van der Waals surface area contributed by atoms with Crippen molar-refractivity contribution >= 4 is 32.5 Å². The second-order valence-corrected chi connectivity index (χ2v) is 8.88. The van der Waals surface area contributed by atoms with Crippen molar-refractivity contribution in [3.63, 3.8) is 0 Å². The van der Waals surface area contributed by atoms with Gasteiger partial charge in [-0.2, -0.15) is 4.31 Å². The van der Waals surface area contributed by atoms with E-state index >= 15 is 0 Å². The summed E-state index contributed by atoms with van der Waals surface area (Å²) in [6.07, 6.45) is 4.19. The SMILES string of the molecule is O=C(Nc1ccnc2c(F)cccc12)c1ccc(S(=O)(=O)N2CCCCC2)cc1. The number of benzene rings is 2. The van der Waals surface area contributed by atoms with E-state index in [2.05, 4.69) is 10.3 Å². The summed E-state index contributed by atoms with van der Waals surface area (Å²) in [7, 11) is -3.55. The number of hydrogen-bond acceptors (Lipinski definition) is 4. The Morgan fingerprint density at radius 1 is 1.00 bits per heavy atom. The number of sulfonamides is 1. The smallest absolute Gasteiger partial charge is 0.255 e. The van der Waals surface area contributed by atoms with Gasteiger partial charge in [0.2, 0.25) is 10.0 Å². The van der Waals surface area contributed by atoms with Crippen LogP contribution in [0, 0.1) is 5.82 Å². The molecule has 3 aromatic rings. The number of hydrogen-bond donors (Lipinski definition) is 1. The fraction of sp³-hybridized carbons (Fsp3) is 0.238. The number of pyridine rings is 1. The molecule has 1 fully saturated rings. The van der Waals surface area contributed by atoms with Crippen molar-refractivity contribution in [2.24, 2.45) is 0 Å². The third-order valence-corrected chi connectivity index (χ3v) is 6.95.